The van der Waals surface area contributed by atoms with Crippen LogP contribution in [0.2, 0.25) is 0 Å². The van der Waals surface area contributed by atoms with Crippen LogP contribution in [0.1, 0.15) is 67.6 Å². The third-order valence-corrected chi connectivity index (χ3v) is 10.8. The van der Waals surface area contributed by atoms with E-state index in [0.717, 1.165) is 11.1 Å². The van der Waals surface area contributed by atoms with Gasteiger partial charge in [0, 0.05) is 34.1 Å². The van der Waals surface area contributed by atoms with Crippen LogP contribution < -0.4 is 9.47 Å². The summed E-state index contributed by atoms with van der Waals surface area (Å²) in [5.41, 5.74) is 2.11. The highest BCUT2D eigenvalue weighted by molar-refractivity contribution is 6.09. The minimum atomic E-state index is -1.10. The van der Waals surface area contributed by atoms with Crippen LogP contribution in [0.25, 0.3) is 0 Å². The molecule has 0 N–H and O–H groups in total. The standard InChI is InChI=1S/C53H42O5/c54-45(37-52(35-15-13-25-48(52)39-17-5-1-6-18-39)57-46-31-27-43(28-32-46)50(55)41-21-9-3-10-22-41)38-53(36-16-14-26-49(53)40-19-7-2-8-20-40)58-47-33-29-44(30-34-47)51(56)42-23-11-4-12-24-42/h1-36,48-49H,37-38H2. The van der Waals surface area contributed by atoms with Crippen LogP contribution >= 0.6 is 0 Å². The van der Waals surface area contributed by atoms with Crippen LogP contribution in [-0.2, 0) is 4.79 Å². The molecule has 0 aromatic heterocycles. The van der Waals surface area contributed by atoms with E-state index in [2.05, 4.69) is 36.4 Å². The third kappa shape index (κ3) is 8.21. The molecule has 6 aromatic carbocycles. The highest BCUT2D eigenvalue weighted by Gasteiger charge is 2.46. The van der Waals surface area contributed by atoms with Crippen LogP contribution in [0, 0.1) is 0 Å². The van der Waals surface area contributed by atoms with Gasteiger partial charge in [-0.05, 0) is 71.8 Å². The lowest BCUT2D eigenvalue weighted by molar-refractivity contribution is -0.125. The first-order valence-corrected chi connectivity index (χ1v) is 19.5. The van der Waals surface area contributed by atoms with E-state index in [0.29, 0.717) is 33.8 Å². The molecule has 5 nitrogen and oxygen atoms in total. The molecule has 0 saturated carbocycles. The summed E-state index contributed by atoms with van der Waals surface area (Å²) in [7, 11) is 0. The van der Waals surface area contributed by atoms with Crippen LogP contribution in [0.4, 0.5) is 0 Å². The average Bonchev–Trinajstić information content (AvgIpc) is 3.28. The van der Waals surface area contributed by atoms with Gasteiger partial charge in [-0.1, -0.05) is 158 Å². The molecule has 0 aliphatic heterocycles. The van der Waals surface area contributed by atoms with Crippen molar-refractivity contribution in [1.29, 1.82) is 0 Å². The second-order valence-electron chi connectivity index (χ2n) is 14.7. The Morgan fingerprint density at radius 2 is 0.724 bits per heavy atom. The number of carbonyl (C=O) groups is 3. The lowest BCUT2D eigenvalue weighted by Gasteiger charge is -2.42. The van der Waals surface area contributed by atoms with E-state index in [1.165, 1.54) is 0 Å². The van der Waals surface area contributed by atoms with Crippen molar-refractivity contribution in [3.05, 3.63) is 252 Å². The predicted octanol–water partition coefficient (Wildman–Crippen LogP) is 11.3. The molecule has 4 atom stereocenters. The highest BCUT2D eigenvalue weighted by atomic mass is 16.5. The lowest BCUT2D eigenvalue weighted by Crippen LogP contribution is -2.47. The summed E-state index contributed by atoms with van der Waals surface area (Å²) in [5, 5.41) is 0. The molecule has 6 aromatic rings. The minimum absolute atomic E-state index is 0.0345. The number of hydrogen-bond acceptors (Lipinski definition) is 5. The van der Waals surface area contributed by atoms with Crippen molar-refractivity contribution in [2.75, 3.05) is 0 Å². The summed E-state index contributed by atoms with van der Waals surface area (Å²) >= 11 is 0. The Morgan fingerprint density at radius 3 is 1.09 bits per heavy atom. The van der Waals surface area contributed by atoms with Crippen molar-refractivity contribution in [2.45, 2.75) is 35.9 Å². The predicted molar refractivity (Wildman–Crippen MR) is 229 cm³/mol. The number of ether oxygens (including phenoxy) is 2. The third-order valence-electron chi connectivity index (χ3n) is 10.8. The van der Waals surface area contributed by atoms with Crippen molar-refractivity contribution in [3.8, 4) is 11.5 Å². The zero-order valence-electron chi connectivity index (χ0n) is 31.9. The Balaban J connectivity index is 1.12. The maximum atomic E-state index is 15.0. The van der Waals surface area contributed by atoms with E-state index < -0.39 is 11.2 Å². The molecule has 4 unspecified atom stereocenters. The second kappa shape index (κ2) is 16.9. The Morgan fingerprint density at radius 1 is 0.397 bits per heavy atom. The molecule has 2 aliphatic carbocycles. The van der Waals surface area contributed by atoms with Gasteiger partial charge < -0.3 is 9.47 Å². The monoisotopic (exact) mass is 758 g/mol. The number of Topliss-reactive ketones (excluding diaryl/α,β-unsaturated/α-hetero) is 1. The van der Waals surface area contributed by atoms with Gasteiger partial charge in [0.15, 0.2) is 11.6 Å². The molecule has 0 amide bonds. The number of carbonyl (C=O) groups excluding carboxylic acids is 3. The van der Waals surface area contributed by atoms with E-state index in [1.54, 1.807) is 72.8 Å². The van der Waals surface area contributed by atoms with Crippen molar-refractivity contribution >= 4 is 17.3 Å². The molecule has 8 rings (SSSR count). The number of benzene rings is 6. The van der Waals surface area contributed by atoms with Gasteiger partial charge in [-0.3, -0.25) is 14.4 Å². The molecule has 2 aliphatic rings. The van der Waals surface area contributed by atoms with Gasteiger partial charge >= 0.3 is 0 Å². The van der Waals surface area contributed by atoms with Gasteiger partial charge in [-0.2, -0.15) is 0 Å². The van der Waals surface area contributed by atoms with Gasteiger partial charge in [0.05, 0.1) is 12.8 Å². The lowest BCUT2D eigenvalue weighted by atomic mass is 9.72. The summed E-state index contributed by atoms with van der Waals surface area (Å²) in [6, 6.07) is 52.7. The average molecular weight is 759 g/mol. The van der Waals surface area contributed by atoms with E-state index in [4.69, 9.17) is 9.47 Å². The zero-order chi connectivity index (χ0) is 39.8. The van der Waals surface area contributed by atoms with E-state index in [-0.39, 0.29) is 42.0 Å². The highest BCUT2D eigenvalue weighted by Crippen LogP contribution is 2.44. The van der Waals surface area contributed by atoms with Gasteiger partial charge in [-0.25, -0.2) is 0 Å². The first kappa shape index (κ1) is 37.8. The normalized spacial score (nSPS) is 20.6. The zero-order valence-corrected chi connectivity index (χ0v) is 31.9. The molecular weight excluding hydrogens is 717 g/mol. The number of hydrogen-bond donors (Lipinski definition) is 0. The summed E-state index contributed by atoms with van der Waals surface area (Å²) < 4.78 is 13.9. The Bertz CT molecular complexity index is 2310. The van der Waals surface area contributed by atoms with E-state index >= 15 is 0 Å². The fraction of sp³-hybridized carbons (Fsp3) is 0.113. The molecule has 0 bridgehead atoms. The Labute approximate surface area is 339 Å². The minimum Gasteiger partial charge on any atom is -0.482 e. The molecule has 0 fully saturated rings. The maximum absolute atomic E-state index is 15.0. The van der Waals surface area contributed by atoms with Gasteiger partial charge in [0.2, 0.25) is 0 Å². The number of ketones is 3. The molecule has 58 heavy (non-hydrogen) atoms. The summed E-state index contributed by atoms with van der Waals surface area (Å²) in [6.45, 7) is 0. The number of rotatable bonds is 14. The van der Waals surface area contributed by atoms with Crippen molar-refractivity contribution < 1.29 is 23.9 Å². The van der Waals surface area contributed by atoms with Crippen LogP contribution in [0.5, 0.6) is 11.5 Å². The SMILES string of the molecule is O=C(CC1(Oc2ccc(C(=O)c3ccccc3)cc2)C=CC=CC1c1ccccc1)CC1(Oc2ccc(C(=O)c3ccccc3)cc2)C=CC=CC1c1ccccc1. The topological polar surface area (TPSA) is 69.7 Å². The molecule has 0 radical (unpaired) electrons. The number of allylic oxidation sites excluding steroid dienone is 4. The van der Waals surface area contributed by atoms with Crippen LogP contribution in [0.15, 0.2) is 218 Å². The quantitative estimate of drug-likeness (QED) is 0.103. The summed E-state index contributed by atoms with van der Waals surface area (Å²) in [5.74, 6) is 0.260. The summed E-state index contributed by atoms with van der Waals surface area (Å²) in [4.78, 5) is 41.4. The smallest absolute Gasteiger partial charge is 0.193 e. The molecular formula is C53H42O5. The molecule has 0 saturated heterocycles. The van der Waals surface area contributed by atoms with E-state index in [1.807, 2.05) is 109 Å². The molecule has 5 heteroatoms. The summed E-state index contributed by atoms with van der Waals surface area (Å²) in [6.07, 6.45) is 16.0. The molecule has 0 spiro atoms. The van der Waals surface area contributed by atoms with Crippen molar-refractivity contribution in [1.82, 2.24) is 0 Å². The molecule has 284 valence electrons. The Kier molecular flexibility index (Phi) is 11.0. The fourth-order valence-corrected chi connectivity index (χ4v) is 8.01. The van der Waals surface area contributed by atoms with Crippen LogP contribution in [0.3, 0.4) is 0 Å². The van der Waals surface area contributed by atoms with Gasteiger partial charge in [0.25, 0.3) is 0 Å². The largest absolute Gasteiger partial charge is 0.482 e. The maximum Gasteiger partial charge on any atom is 0.193 e. The second-order valence-corrected chi connectivity index (χ2v) is 14.7. The first-order valence-electron chi connectivity index (χ1n) is 19.5. The van der Waals surface area contributed by atoms with Crippen molar-refractivity contribution in [2.24, 2.45) is 0 Å². The van der Waals surface area contributed by atoms with Crippen molar-refractivity contribution in [3.63, 3.8) is 0 Å². The first-order chi connectivity index (χ1) is 28.4. The fourth-order valence-electron chi connectivity index (χ4n) is 8.01. The van der Waals surface area contributed by atoms with Gasteiger partial charge in [0.1, 0.15) is 28.5 Å². The van der Waals surface area contributed by atoms with Crippen LogP contribution in [-0.4, -0.2) is 28.6 Å². The Hall–Kier alpha value is -7.11. The molecule has 0 heterocycles. The van der Waals surface area contributed by atoms with Gasteiger partial charge in [-0.15, -0.1) is 0 Å². The van der Waals surface area contributed by atoms with E-state index in [9.17, 15) is 14.4 Å².